The number of nitrogens with one attached hydrogen (secondary N) is 1. The summed E-state index contributed by atoms with van der Waals surface area (Å²) in [6.07, 6.45) is 1.14. The fourth-order valence-electron chi connectivity index (χ4n) is 2.52. The van der Waals surface area contributed by atoms with Crippen LogP contribution in [-0.2, 0) is 0 Å². The van der Waals surface area contributed by atoms with Gasteiger partial charge in [-0.25, -0.2) is 4.39 Å². The fourth-order valence-corrected chi connectivity index (χ4v) is 2.76. The molecular formula is C15H22ClFN2. The molecule has 0 aromatic heterocycles. The van der Waals surface area contributed by atoms with Crippen LogP contribution in [0.25, 0.3) is 0 Å². The Morgan fingerprint density at radius 3 is 3.00 bits per heavy atom. The van der Waals surface area contributed by atoms with Crippen molar-refractivity contribution < 1.29 is 4.39 Å². The molecule has 1 atom stereocenters. The summed E-state index contributed by atoms with van der Waals surface area (Å²) in [5.41, 5.74) is 0.827. The van der Waals surface area contributed by atoms with Crippen LogP contribution in [0.15, 0.2) is 18.2 Å². The normalized spacial score (nSPS) is 19.4. The molecule has 19 heavy (non-hydrogen) atoms. The molecule has 0 bridgehead atoms. The van der Waals surface area contributed by atoms with E-state index in [0.717, 1.165) is 38.3 Å². The van der Waals surface area contributed by atoms with Gasteiger partial charge < -0.3 is 10.2 Å². The first-order chi connectivity index (χ1) is 9.06. The molecule has 1 saturated heterocycles. The van der Waals surface area contributed by atoms with E-state index in [2.05, 4.69) is 24.1 Å². The maximum absolute atomic E-state index is 13.3. The Kier molecular flexibility index (Phi) is 5.06. The van der Waals surface area contributed by atoms with Crippen molar-refractivity contribution in [1.29, 1.82) is 0 Å². The molecule has 0 amide bonds. The van der Waals surface area contributed by atoms with Crippen LogP contribution < -0.4 is 10.2 Å². The van der Waals surface area contributed by atoms with Gasteiger partial charge in [-0.15, -0.1) is 0 Å². The standard InChI is InChI=1S/C15H22ClFN2/c1-11(2)8-18-9-12-5-6-19(10-12)15-7-13(17)3-4-14(15)16/h3-4,7,11-12,18H,5-6,8-10H2,1-2H3. The predicted octanol–water partition coefficient (Wildman–Crippen LogP) is 3.55. The number of benzene rings is 1. The second kappa shape index (κ2) is 6.58. The zero-order valence-electron chi connectivity index (χ0n) is 11.6. The van der Waals surface area contributed by atoms with E-state index in [1.165, 1.54) is 12.1 Å². The van der Waals surface area contributed by atoms with Crippen molar-refractivity contribution in [2.45, 2.75) is 20.3 Å². The van der Waals surface area contributed by atoms with Crippen molar-refractivity contribution in [2.24, 2.45) is 11.8 Å². The lowest BCUT2D eigenvalue weighted by atomic mass is 10.1. The van der Waals surface area contributed by atoms with E-state index >= 15 is 0 Å². The quantitative estimate of drug-likeness (QED) is 0.889. The molecule has 2 nitrogen and oxygen atoms in total. The van der Waals surface area contributed by atoms with Crippen molar-refractivity contribution in [3.8, 4) is 0 Å². The van der Waals surface area contributed by atoms with E-state index < -0.39 is 0 Å². The fraction of sp³-hybridized carbons (Fsp3) is 0.600. The first-order valence-corrected chi connectivity index (χ1v) is 7.34. The molecule has 1 heterocycles. The van der Waals surface area contributed by atoms with Gasteiger partial charge in [0, 0.05) is 13.1 Å². The zero-order valence-corrected chi connectivity index (χ0v) is 12.4. The van der Waals surface area contributed by atoms with Crippen LogP contribution in [0.3, 0.4) is 0 Å². The lowest BCUT2D eigenvalue weighted by molar-refractivity contribution is 0.477. The Morgan fingerprint density at radius 1 is 1.47 bits per heavy atom. The molecule has 1 N–H and O–H groups in total. The van der Waals surface area contributed by atoms with Gasteiger partial charge in [0.1, 0.15) is 5.82 Å². The summed E-state index contributed by atoms with van der Waals surface area (Å²) in [6.45, 7) is 8.41. The summed E-state index contributed by atoms with van der Waals surface area (Å²) in [5.74, 6) is 1.08. The summed E-state index contributed by atoms with van der Waals surface area (Å²) >= 11 is 6.15. The minimum Gasteiger partial charge on any atom is -0.370 e. The molecule has 0 radical (unpaired) electrons. The maximum Gasteiger partial charge on any atom is 0.125 e. The molecule has 1 aromatic carbocycles. The molecule has 1 fully saturated rings. The number of hydrogen-bond acceptors (Lipinski definition) is 2. The van der Waals surface area contributed by atoms with E-state index in [4.69, 9.17) is 11.6 Å². The summed E-state index contributed by atoms with van der Waals surface area (Å²) in [7, 11) is 0. The summed E-state index contributed by atoms with van der Waals surface area (Å²) in [5, 5.41) is 4.13. The van der Waals surface area contributed by atoms with Crippen LogP contribution in [-0.4, -0.2) is 26.2 Å². The topological polar surface area (TPSA) is 15.3 Å². The van der Waals surface area contributed by atoms with E-state index in [-0.39, 0.29) is 5.82 Å². The monoisotopic (exact) mass is 284 g/mol. The molecule has 2 rings (SSSR count). The van der Waals surface area contributed by atoms with Crippen molar-refractivity contribution in [3.63, 3.8) is 0 Å². The maximum atomic E-state index is 13.3. The van der Waals surface area contributed by atoms with Crippen molar-refractivity contribution in [1.82, 2.24) is 5.32 Å². The van der Waals surface area contributed by atoms with Crippen molar-refractivity contribution in [2.75, 3.05) is 31.1 Å². The first kappa shape index (κ1) is 14.6. The molecule has 0 spiro atoms. The molecule has 1 aliphatic rings. The zero-order chi connectivity index (χ0) is 13.8. The Morgan fingerprint density at radius 2 is 2.26 bits per heavy atom. The van der Waals surface area contributed by atoms with E-state index in [1.807, 2.05) is 0 Å². The van der Waals surface area contributed by atoms with Gasteiger partial charge in [-0.2, -0.15) is 0 Å². The van der Waals surface area contributed by atoms with Gasteiger partial charge in [0.25, 0.3) is 0 Å². The molecule has 4 heteroatoms. The highest BCUT2D eigenvalue weighted by molar-refractivity contribution is 6.33. The second-order valence-corrected chi connectivity index (χ2v) is 6.16. The summed E-state index contributed by atoms with van der Waals surface area (Å²) in [6, 6.07) is 4.58. The Hall–Kier alpha value is -0.800. The molecular weight excluding hydrogens is 263 g/mol. The highest BCUT2D eigenvalue weighted by Crippen LogP contribution is 2.30. The number of rotatable bonds is 5. The van der Waals surface area contributed by atoms with Crippen LogP contribution in [0.2, 0.25) is 5.02 Å². The Bertz CT molecular complexity index is 423. The van der Waals surface area contributed by atoms with Crippen LogP contribution in [0, 0.1) is 17.7 Å². The van der Waals surface area contributed by atoms with Gasteiger partial charge in [-0.1, -0.05) is 25.4 Å². The second-order valence-electron chi connectivity index (χ2n) is 5.75. The van der Waals surface area contributed by atoms with E-state index in [1.54, 1.807) is 6.07 Å². The molecule has 1 aromatic rings. The largest absolute Gasteiger partial charge is 0.370 e. The minimum atomic E-state index is -0.221. The summed E-state index contributed by atoms with van der Waals surface area (Å²) < 4.78 is 13.3. The van der Waals surface area contributed by atoms with Gasteiger partial charge in [0.05, 0.1) is 10.7 Å². The lowest BCUT2D eigenvalue weighted by Crippen LogP contribution is -2.28. The highest BCUT2D eigenvalue weighted by Gasteiger charge is 2.24. The van der Waals surface area contributed by atoms with Crippen molar-refractivity contribution in [3.05, 3.63) is 29.0 Å². The smallest absolute Gasteiger partial charge is 0.125 e. The molecule has 106 valence electrons. The average Bonchev–Trinajstić information content (AvgIpc) is 2.80. The van der Waals surface area contributed by atoms with E-state index in [9.17, 15) is 4.39 Å². The first-order valence-electron chi connectivity index (χ1n) is 6.97. The van der Waals surface area contributed by atoms with Crippen molar-refractivity contribution >= 4 is 17.3 Å². The van der Waals surface area contributed by atoms with Gasteiger partial charge in [-0.05, 0) is 49.5 Å². The molecule has 0 aliphatic carbocycles. The van der Waals surface area contributed by atoms with Gasteiger partial charge in [0.2, 0.25) is 0 Å². The van der Waals surface area contributed by atoms with Crippen LogP contribution >= 0.6 is 11.6 Å². The minimum absolute atomic E-state index is 0.221. The highest BCUT2D eigenvalue weighted by atomic mass is 35.5. The van der Waals surface area contributed by atoms with Crippen LogP contribution in [0.1, 0.15) is 20.3 Å². The van der Waals surface area contributed by atoms with Gasteiger partial charge in [-0.3, -0.25) is 0 Å². The van der Waals surface area contributed by atoms with Crippen LogP contribution in [0.5, 0.6) is 0 Å². The van der Waals surface area contributed by atoms with E-state index in [0.29, 0.717) is 16.9 Å². The lowest BCUT2D eigenvalue weighted by Gasteiger charge is -2.20. The summed E-state index contributed by atoms with van der Waals surface area (Å²) in [4.78, 5) is 2.19. The third-order valence-corrected chi connectivity index (χ3v) is 3.84. The van der Waals surface area contributed by atoms with Gasteiger partial charge >= 0.3 is 0 Å². The number of nitrogens with zero attached hydrogens (tertiary/aromatic N) is 1. The number of halogens is 2. The SMILES string of the molecule is CC(C)CNCC1CCN(c2cc(F)ccc2Cl)C1. The average molecular weight is 285 g/mol. The molecule has 1 aliphatic heterocycles. The van der Waals surface area contributed by atoms with Gasteiger partial charge in [0.15, 0.2) is 0 Å². The molecule has 1 unspecified atom stereocenters. The molecule has 0 saturated carbocycles. The predicted molar refractivity (Wildman–Crippen MR) is 79.4 cm³/mol. The third kappa shape index (κ3) is 4.08. The Labute approximate surface area is 119 Å². The Balaban J connectivity index is 1.89. The van der Waals surface area contributed by atoms with Crippen LogP contribution in [0.4, 0.5) is 10.1 Å². The number of hydrogen-bond donors (Lipinski definition) is 1. The third-order valence-electron chi connectivity index (χ3n) is 3.52. The number of anilines is 1.